The highest BCUT2D eigenvalue weighted by molar-refractivity contribution is 7.91. The zero-order valence-electron chi connectivity index (χ0n) is 26.8. The first-order valence-corrected chi connectivity index (χ1v) is 16.3. The maximum absolute atomic E-state index is 5.76. The topological polar surface area (TPSA) is 9.23 Å². The van der Waals surface area contributed by atoms with Crippen molar-refractivity contribution in [2.75, 3.05) is 7.11 Å². The fourth-order valence-corrected chi connectivity index (χ4v) is 8.44. The first-order valence-electron chi connectivity index (χ1n) is 13.8. The van der Waals surface area contributed by atoms with E-state index in [0.29, 0.717) is 6.61 Å². The fourth-order valence-electron chi connectivity index (χ4n) is 4.50. The molecule has 0 aliphatic heterocycles. The van der Waals surface area contributed by atoms with Crippen LogP contribution in [0.25, 0.3) is 0 Å². The van der Waals surface area contributed by atoms with E-state index in [1.54, 1.807) is 0 Å². The highest BCUT2D eigenvalue weighted by Gasteiger charge is 2.29. The van der Waals surface area contributed by atoms with Gasteiger partial charge in [-0.15, -0.1) is 0 Å². The second-order valence-corrected chi connectivity index (χ2v) is 18.3. The van der Waals surface area contributed by atoms with Crippen LogP contribution in [0.2, 0.25) is 0 Å². The average molecular weight is 541 g/mol. The van der Waals surface area contributed by atoms with Gasteiger partial charge in [0.05, 0.1) is 6.61 Å². The Morgan fingerprint density at radius 3 is 1.14 bits per heavy atom. The van der Waals surface area contributed by atoms with Crippen molar-refractivity contribution in [3.8, 4) is 0 Å². The minimum absolute atomic E-state index is 0.0530. The lowest BCUT2D eigenvalue weighted by atomic mass is 9.75. The lowest BCUT2D eigenvalue weighted by Crippen LogP contribution is -2.29. The van der Waals surface area contributed by atoms with Crippen molar-refractivity contribution in [1.82, 2.24) is 0 Å². The quantitative estimate of drug-likeness (QED) is 0.351. The smallest absolute Gasteiger partial charge is 0.0722 e. The van der Waals surface area contributed by atoms with Crippen LogP contribution in [0.4, 0.5) is 0 Å². The molecule has 0 spiro atoms. The van der Waals surface area contributed by atoms with Gasteiger partial charge in [0, 0.05) is 17.7 Å². The Morgan fingerprint density at radius 1 is 0.486 bits per heavy atom. The van der Waals surface area contributed by atoms with E-state index < -0.39 is 0 Å². The van der Waals surface area contributed by atoms with Crippen molar-refractivity contribution in [3.05, 3.63) is 57.6 Å². The zero-order chi connectivity index (χ0) is 28.8. The minimum Gasteiger partial charge on any atom is -0.380 e. The van der Waals surface area contributed by atoms with Gasteiger partial charge in [0.15, 0.2) is 0 Å². The Hall–Kier alpha value is -1.00. The predicted molar refractivity (Wildman–Crippen MR) is 170 cm³/mol. The van der Waals surface area contributed by atoms with Crippen LogP contribution in [0.1, 0.15) is 137 Å². The monoisotopic (exact) mass is 540 g/mol. The Morgan fingerprint density at radius 2 is 0.811 bits per heavy atom. The minimum atomic E-state index is 0.0530. The van der Waals surface area contributed by atoms with Gasteiger partial charge in [0.1, 0.15) is 0 Å². The summed E-state index contributed by atoms with van der Waals surface area (Å²) < 4.78 is 5.76. The molecule has 0 aliphatic rings. The fraction of sp³-hybridized carbons (Fsp3) is 0.647. The molecule has 0 aromatic heterocycles. The van der Waals surface area contributed by atoms with Crippen molar-refractivity contribution < 1.29 is 4.74 Å². The molecule has 0 fully saturated rings. The third-order valence-electron chi connectivity index (χ3n) is 7.00. The molecule has 0 saturated heterocycles. The number of methoxy groups -OCH3 is 1. The molecule has 0 unspecified atom stereocenters. The number of benzene rings is 2. The highest BCUT2D eigenvalue weighted by Crippen LogP contribution is 2.39. The molecule has 37 heavy (non-hydrogen) atoms. The zero-order valence-corrected chi connectivity index (χ0v) is 28.6. The lowest BCUT2D eigenvalue weighted by molar-refractivity contribution is 0.185. The molecule has 0 N–H and O–H groups in total. The van der Waals surface area contributed by atoms with Crippen molar-refractivity contribution >= 4 is 26.3 Å². The molecule has 0 bridgehead atoms. The maximum Gasteiger partial charge on any atom is 0.0722 e. The van der Waals surface area contributed by atoms with Gasteiger partial charge >= 0.3 is 0 Å². The van der Waals surface area contributed by atoms with Crippen molar-refractivity contribution in [3.63, 3.8) is 0 Å². The largest absolute Gasteiger partial charge is 0.380 e. The number of hydrogen-bond acceptors (Lipinski definition) is 1. The van der Waals surface area contributed by atoms with E-state index in [-0.39, 0.29) is 27.1 Å². The van der Waals surface area contributed by atoms with Crippen LogP contribution in [-0.4, -0.2) is 7.11 Å². The third kappa shape index (κ3) is 8.01. The summed E-state index contributed by atoms with van der Waals surface area (Å²) in [7, 11) is 4.48. The summed E-state index contributed by atoms with van der Waals surface area (Å²) in [6, 6.07) is 9.86. The average Bonchev–Trinajstić information content (AvgIpc) is 2.68. The second-order valence-electron chi connectivity index (χ2n) is 15.8. The van der Waals surface area contributed by atoms with Gasteiger partial charge in [-0.25, -0.2) is 0 Å². The molecule has 0 atom stereocenters. The molecule has 2 aromatic carbocycles. The number of hydrogen-bond donors (Lipinski definition) is 0. The molecular weight excluding hydrogens is 486 g/mol. The van der Waals surface area contributed by atoms with Gasteiger partial charge < -0.3 is 4.74 Å². The van der Waals surface area contributed by atoms with E-state index in [2.05, 4.69) is 128 Å². The first-order chi connectivity index (χ1) is 16.5. The number of rotatable bonds is 4. The molecule has 0 amide bonds. The summed E-state index contributed by atoms with van der Waals surface area (Å²) in [5.74, 6) is 0. The van der Waals surface area contributed by atoms with E-state index in [4.69, 9.17) is 4.74 Å². The molecule has 0 radical (unpaired) electrons. The van der Waals surface area contributed by atoms with Gasteiger partial charge in [0.2, 0.25) is 0 Å². The summed E-state index contributed by atoms with van der Waals surface area (Å²) in [6.45, 7) is 35.8. The van der Waals surface area contributed by atoms with E-state index >= 15 is 0 Å². The van der Waals surface area contributed by atoms with E-state index in [9.17, 15) is 0 Å². The van der Waals surface area contributed by atoms with Gasteiger partial charge in [-0.05, 0) is 76.2 Å². The van der Waals surface area contributed by atoms with E-state index in [1.807, 2.05) is 7.11 Å². The standard InChI is InChI=1S/C34H54OP2/c1-30(2,3)23-17-22(21-35-16)28(25(18-23)32(7,8)9)36-37-29-26(33(10,11)12)19-24(31(4,5)6)20-27(29)34(13,14)15/h17-20H,21H2,1-16H3. The Kier molecular flexibility index (Phi) is 9.47. The molecule has 2 aromatic rings. The van der Waals surface area contributed by atoms with Crippen LogP contribution >= 0.6 is 15.7 Å². The molecule has 2 rings (SSSR count). The van der Waals surface area contributed by atoms with Gasteiger partial charge in [-0.1, -0.05) is 128 Å². The lowest BCUT2D eigenvalue weighted by Gasteiger charge is -2.32. The molecule has 3 heteroatoms. The maximum atomic E-state index is 5.76. The second kappa shape index (κ2) is 10.9. The van der Waals surface area contributed by atoms with Crippen LogP contribution in [0.15, 0.2) is 24.3 Å². The summed E-state index contributed by atoms with van der Waals surface area (Å²) in [5, 5.41) is 2.93. The van der Waals surface area contributed by atoms with Crippen LogP contribution in [0.5, 0.6) is 0 Å². The molecule has 0 aliphatic carbocycles. The van der Waals surface area contributed by atoms with Gasteiger partial charge in [-0.3, -0.25) is 0 Å². The van der Waals surface area contributed by atoms with Crippen molar-refractivity contribution in [1.29, 1.82) is 0 Å². The van der Waals surface area contributed by atoms with Gasteiger partial charge in [0.25, 0.3) is 0 Å². The molecule has 1 nitrogen and oxygen atoms in total. The molecule has 0 heterocycles. The van der Waals surface area contributed by atoms with Crippen molar-refractivity contribution in [2.45, 2.75) is 138 Å². The summed E-state index contributed by atoms with van der Waals surface area (Å²) in [6.07, 6.45) is 0. The molecule has 0 saturated carbocycles. The van der Waals surface area contributed by atoms with Crippen LogP contribution in [-0.2, 0) is 38.4 Å². The van der Waals surface area contributed by atoms with Crippen LogP contribution in [0, 0.1) is 0 Å². The predicted octanol–water partition coefficient (Wildman–Crippen LogP) is 10.1. The van der Waals surface area contributed by atoms with Gasteiger partial charge in [-0.2, -0.15) is 0 Å². The highest BCUT2D eigenvalue weighted by atomic mass is 31.7. The number of ether oxygens (including phenoxy) is 1. The Balaban J connectivity index is 2.98. The molecule has 206 valence electrons. The van der Waals surface area contributed by atoms with Crippen LogP contribution in [0.3, 0.4) is 0 Å². The first kappa shape index (κ1) is 32.2. The molecular formula is C34H54OP2. The summed E-state index contributed by atoms with van der Waals surface area (Å²) >= 11 is 0. The SMILES string of the molecule is COCc1cc(C(C)(C)C)cc(C(C)(C)C)c1P=Pc1c(C(C)(C)C)cc(C(C)(C)C)cc1C(C)(C)C. The summed E-state index contributed by atoms with van der Waals surface area (Å²) in [5.41, 5.74) is 8.96. The van der Waals surface area contributed by atoms with Crippen molar-refractivity contribution in [2.24, 2.45) is 0 Å². The Bertz CT molecular complexity index is 1100. The normalized spacial score (nSPS) is 14.1. The Labute approximate surface area is 233 Å². The summed E-state index contributed by atoms with van der Waals surface area (Å²) in [4.78, 5) is 0. The third-order valence-corrected chi connectivity index (χ3v) is 10.0. The van der Waals surface area contributed by atoms with E-state index in [1.165, 1.54) is 59.7 Å². The van der Waals surface area contributed by atoms with E-state index in [0.717, 1.165) is 0 Å². The van der Waals surface area contributed by atoms with Crippen LogP contribution < -0.4 is 10.6 Å².